The quantitative estimate of drug-likeness (QED) is 0.930. The number of halogens is 2. The van der Waals surface area contributed by atoms with Gasteiger partial charge < -0.3 is 14.4 Å². The van der Waals surface area contributed by atoms with Crippen LogP contribution in [-0.4, -0.2) is 53.6 Å². The average molecular weight is 343 g/mol. The topological polar surface area (TPSA) is 56.9 Å². The van der Waals surface area contributed by atoms with Gasteiger partial charge in [-0.25, -0.2) is 0 Å². The summed E-state index contributed by atoms with van der Waals surface area (Å²) >= 11 is 12.1. The van der Waals surface area contributed by atoms with Crippen LogP contribution in [0.2, 0.25) is 10.0 Å². The molecule has 1 aliphatic rings. The lowest BCUT2D eigenvalue weighted by Crippen LogP contribution is -2.49. The van der Waals surface area contributed by atoms with Gasteiger partial charge >= 0.3 is 0 Å². The molecule has 1 aromatic carbocycles. The first-order chi connectivity index (χ1) is 10.6. The Hall–Kier alpha value is -1.27. The van der Waals surface area contributed by atoms with Crippen molar-refractivity contribution < 1.29 is 14.3 Å². The molecule has 0 unspecified atom stereocenters. The number of amides is 1. The predicted octanol–water partition coefficient (Wildman–Crippen LogP) is 2.38. The van der Waals surface area contributed by atoms with E-state index in [0.29, 0.717) is 35.3 Å². The summed E-state index contributed by atoms with van der Waals surface area (Å²) < 4.78 is 5.80. The molecule has 1 amide bonds. The van der Waals surface area contributed by atoms with Crippen molar-refractivity contribution in [3.05, 3.63) is 34.0 Å². The maximum absolute atomic E-state index is 11.4. The van der Waals surface area contributed by atoms with E-state index in [1.165, 1.54) is 0 Å². The minimum Gasteiger partial charge on any atom is -0.460 e. The molecule has 1 N–H and O–H groups in total. The van der Waals surface area contributed by atoms with Gasteiger partial charge in [-0.3, -0.25) is 9.69 Å². The van der Waals surface area contributed by atoms with E-state index in [1.807, 2.05) is 6.07 Å². The molecule has 0 atom stereocenters. The number of carbonyl (C=O) groups excluding carboxylic acids is 1. The van der Waals surface area contributed by atoms with E-state index < -0.39 is 6.61 Å². The first-order valence-corrected chi connectivity index (χ1v) is 7.81. The van der Waals surface area contributed by atoms with E-state index in [9.17, 15) is 4.79 Å². The van der Waals surface area contributed by atoms with Gasteiger partial charge in [0.1, 0.15) is 18.0 Å². The monoisotopic (exact) mass is 342 g/mol. The van der Waals surface area contributed by atoms with Crippen molar-refractivity contribution in [3.8, 4) is 0 Å². The summed E-state index contributed by atoms with van der Waals surface area (Å²) in [4.78, 5) is 15.3. The van der Waals surface area contributed by atoms with Crippen LogP contribution in [0.15, 0.2) is 22.6 Å². The molecule has 1 aliphatic heterocycles. The van der Waals surface area contributed by atoms with Crippen molar-refractivity contribution in [2.75, 3.05) is 32.8 Å². The lowest BCUT2D eigenvalue weighted by molar-refractivity contribution is -0.136. The Morgan fingerprint density at radius 1 is 1.18 bits per heavy atom. The first-order valence-electron chi connectivity index (χ1n) is 7.05. The summed E-state index contributed by atoms with van der Waals surface area (Å²) in [7, 11) is 0. The smallest absolute Gasteiger partial charge is 0.248 e. The van der Waals surface area contributed by atoms with Crippen LogP contribution in [0.5, 0.6) is 0 Å². The minimum absolute atomic E-state index is 0.218. The van der Waals surface area contributed by atoms with Crippen LogP contribution in [-0.2, 0) is 11.3 Å². The molecule has 1 saturated heterocycles. The highest BCUT2D eigenvalue weighted by atomic mass is 35.5. The molecule has 0 aliphatic carbocycles. The van der Waals surface area contributed by atoms with Crippen molar-refractivity contribution in [2.45, 2.75) is 6.54 Å². The van der Waals surface area contributed by atoms with Crippen molar-refractivity contribution >= 4 is 40.1 Å². The number of aliphatic hydroxyl groups is 1. The molecule has 3 rings (SSSR count). The van der Waals surface area contributed by atoms with Crippen LogP contribution in [0.25, 0.3) is 11.0 Å². The van der Waals surface area contributed by atoms with Crippen LogP contribution in [0, 0.1) is 0 Å². The Bertz CT molecular complexity index is 693. The van der Waals surface area contributed by atoms with Gasteiger partial charge in [0.2, 0.25) is 5.91 Å². The number of hydrogen-bond acceptors (Lipinski definition) is 4. The molecule has 0 radical (unpaired) electrons. The van der Waals surface area contributed by atoms with Crippen LogP contribution >= 0.6 is 23.2 Å². The third-order valence-electron chi connectivity index (χ3n) is 3.84. The maximum Gasteiger partial charge on any atom is 0.248 e. The Labute approximate surface area is 138 Å². The molecule has 2 heterocycles. The molecule has 1 fully saturated rings. The van der Waals surface area contributed by atoms with Crippen LogP contribution in [0.1, 0.15) is 5.76 Å². The third kappa shape index (κ3) is 3.22. The van der Waals surface area contributed by atoms with E-state index in [2.05, 4.69) is 4.90 Å². The molecule has 5 nitrogen and oxygen atoms in total. The molecule has 0 saturated carbocycles. The van der Waals surface area contributed by atoms with Crippen LogP contribution in [0.4, 0.5) is 0 Å². The number of fused-ring (bicyclic) bond motifs is 1. The molecular weight excluding hydrogens is 327 g/mol. The summed E-state index contributed by atoms with van der Waals surface area (Å²) in [5.74, 6) is 0.603. The molecule has 1 aromatic heterocycles. The van der Waals surface area contributed by atoms with Gasteiger partial charge in [0.15, 0.2) is 0 Å². The number of piperazine rings is 1. The van der Waals surface area contributed by atoms with E-state index in [4.69, 9.17) is 32.7 Å². The number of furan rings is 1. The van der Waals surface area contributed by atoms with Crippen molar-refractivity contribution in [1.82, 2.24) is 9.80 Å². The summed E-state index contributed by atoms with van der Waals surface area (Å²) in [6.07, 6.45) is 0. The SMILES string of the molecule is O=C(CO)N1CCN(Cc2cc3c(Cl)cc(Cl)cc3o2)CC1. The number of aliphatic hydroxyl groups excluding tert-OH is 1. The van der Waals surface area contributed by atoms with Crippen LogP contribution in [0.3, 0.4) is 0 Å². The number of nitrogens with zero attached hydrogens (tertiary/aromatic N) is 2. The predicted molar refractivity (Wildman–Crippen MR) is 85.2 cm³/mol. The maximum atomic E-state index is 11.4. The summed E-state index contributed by atoms with van der Waals surface area (Å²) in [6.45, 7) is 2.96. The fourth-order valence-corrected chi connectivity index (χ4v) is 3.20. The lowest BCUT2D eigenvalue weighted by Gasteiger charge is -2.33. The average Bonchev–Trinajstić information content (AvgIpc) is 2.90. The number of hydrogen-bond donors (Lipinski definition) is 1. The largest absolute Gasteiger partial charge is 0.460 e. The zero-order chi connectivity index (χ0) is 15.7. The van der Waals surface area contributed by atoms with E-state index in [0.717, 1.165) is 24.2 Å². The Morgan fingerprint density at radius 3 is 2.59 bits per heavy atom. The molecule has 2 aromatic rings. The highest BCUT2D eigenvalue weighted by Crippen LogP contribution is 2.31. The van der Waals surface area contributed by atoms with Crippen molar-refractivity contribution in [2.24, 2.45) is 0 Å². The molecule has 0 bridgehead atoms. The number of carbonyl (C=O) groups is 1. The number of rotatable bonds is 3. The van der Waals surface area contributed by atoms with E-state index in [1.54, 1.807) is 17.0 Å². The van der Waals surface area contributed by atoms with Gasteiger partial charge in [-0.2, -0.15) is 0 Å². The Balaban J connectivity index is 1.67. The standard InChI is InChI=1S/C15H16Cl2N2O3/c16-10-5-13(17)12-7-11(22-14(12)6-10)8-18-1-3-19(4-2-18)15(21)9-20/h5-7,20H,1-4,8-9H2. The van der Waals surface area contributed by atoms with E-state index in [-0.39, 0.29) is 5.91 Å². The molecular formula is C15H16Cl2N2O3. The first kappa shape index (κ1) is 15.6. The zero-order valence-corrected chi connectivity index (χ0v) is 13.4. The summed E-state index contributed by atoms with van der Waals surface area (Å²) in [5.41, 5.74) is 0.682. The molecule has 0 spiro atoms. The second kappa shape index (κ2) is 6.46. The van der Waals surface area contributed by atoms with E-state index >= 15 is 0 Å². The summed E-state index contributed by atoms with van der Waals surface area (Å²) in [5, 5.41) is 10.9. The number of benzene rings is 1. The Kier molecular flexibility index (Phi) is 4.59. The third-order valence-corrected chi connectivity index (χ3v) is 4.37. The summed E-state index contributed by atoms with van der Waals surface area (Å²) in [6, 6.07) is 5.38. The van der Waals surface area contributed by atoms with Gasteiger partial charge in [0, 0.05) is 42.7 Å². The fourth-order valence-electron chi connectivity index (χ4n) is 2.67. The minimum atomic E-state index is -0.428. The Morgan fingerprint density at radius 2 is 1.91 bits per heavy atom. The van der Waals surface area contributed by atoms with Gasteiger partial charge in [-0.1, -0.05) is 23.2 Å². The van der Waals surface area contributed by atoms with Crippen molar-refractivity contribution in [1.29, 1.82) is 0 Å². The molecule has 7 heteroatoms. The van der Waals surface area contributed by atoms with Gasteiger partial charge in [0.25, 0.3) is 0 Å². The van der Waals surface area contributed by atoms with Gasteiger partial charge in [-0.05, 0) is 12.1 Å². The van der Waals surface area contributed by atoms with Gasteiger partial charge in [0.05, 0.1) is 11.6 Å². The molecule has 118 valence electrons. The highest BCUT2D eigenvalue weighted by Gasteiger charge is 2.21. The second-order valence-corrected chi connectivity index (χ2v) is 6.17. The van der Waals surface area contributed by atoms with Crippen LogP contribution < -0.4 is 0 Å². The second-order valence-electron chi connectivity index (χ2n) is 5.33. The normalized spacial score (nSPS) is 16.4. The molecule has 22 heavy (non-hydrogen) atoms. The lowest BCUT2D eigenvalue weighted by atomic mass is 10.2. The highest BCUT2D eigenvalue weighted by molar-refractivity contribution is 6.38. The van der Waals surface area contributed by atoms with Gasteiger partial charge in [-0.15, -0.1) is 0 Å². The van der Waals surface area contributed by atoms with Crippen molar-refractivity contribution in [3.63, 3.8) is 0 Å². The zero-order valence-electron chi connectivity index (χ0n) is 11.9. The fraction of sp³-hybridized carbons (Fsp3) is 0.400.